The van der Waals surface area contributed by atoms with Gasteiger partial charge >= 0.3 is 0 Å². The molecule has 0 unspecified atom stereocenters. The van der Waals surface area contributed by atoms with E-state index < -0.39 is 15.6 Å². The number of nitrogens with one attached hydrogen (secondary N) is 1. The second-order valence-electron chi connectivity index (χ2n) is 4.87. The number of hydrogen-bond donors (Lipinski definition) is 2. The van der Waals surface area contributed by atoms with Crippen molar-refractivity contribution in [3.63, 3.8) is 0 Å². The number of rotatable bonds is 4. The fourth-order valence-corrected chi connectivity index (χ4v) is 4.25. The van der Waals surface area contributed by atoms with Gasteiger partial charge in [-0.2, -0.15) is 0 Å². The van der Waals surface area contributed by atoms with Crippen molar-refractivity contribution < 1.29 is 8.42 Å². The second-order valence-corrected chi connectivity index (χ2v) is 7.37. The van der Waals surface area contributed by atoms with E-state index in [4.69, 9.17) is 28.9 Å². The fourth-order valence-electron chi connectivity index (χ4n) is 2.39. The van der Waals surface area contributed by atoms with Crippen LogP contribution in [0.15, 0.2) is 23.1 Å². The van der Waals surface area contributed by atoms with Crippen molar-refractivity contribution in [1.29, 1.82) is 0 Å². The Bertz CT molecular complexity index is 569. The van der Waals surface area contributed by atoms with Gasteiger partial charge in [-0.1, -0.05) is 36.0 Å². The van der Waals surface area contributed by atoms with E-state index in [0.717, 1.165) is 25.7 Å². The summed E-state index contributed by atoms with van der Waals surface area (Å²) in [5, 5.41) is 0.549. The Kier molecular flexibility index (Phi) is 4.42. The van der Waals surface area contributed by atoms with Crippen LogP contribution in [0.4, 0.5) is 0 Å². The van der Waals surface area contributed by atoms with Crippen molar-refractivity contribution in [2.24, 2.45) is 5.73 Å². The van der Waals surface area contributed by atoms with Gasteiger partial charge in [0, 0.05) is 12.1 Å². The summed E-state index contributed by atoms with van der Waals surface area (Å²) in [6.07, 6.45) is 3.51. The van der Waals surface area contributed by atoms with Gasteiger partial charge in [-0.3, -0.25) is 0 Å². The van der Waals surface area contributed by atoms with Gasteiger partial charge in [-0.05, 0) is 31.0 Å². The average Bonchev–Trinajstić information content (AvgIpc) is 2.81. The molecule has 0 saturated heterocycles. The molecule has 0 radical (unpaired) electrons. The first-order valence-corrected chi connectivity index (χ1v) is 8.32. The van der Waals surface area contributed by atoms with Crippen LogP contribution >= 0.6 is 23.2 Å². The lowest BCUT2D eigenvalue weighted by Gasteiger charge is -2.28. The molecule has 0 heterocycles. The molecule has 1 aromatic carbocycles. The van der Waals surface area contributed by atoms with Crippen molar-refractivity contribution in [2.75, 3.05) is 6.54 Å². The van der Waals surface area contributed by atoms with Crippen molar-refractivity contribution in [2.45, 2.75) is 36.1 Å². The number of sulfonamides is 1. The lowest BCUT2D eigenvalue weighted by atomic mass is 10.0. The second kappa shape index (κ2) is 5.58. The van der Waals surface area contributed by atoms with E-state index in [1.54, 1.807) is 0 Å². The van der Waals surface area contributed by atoms with Crippen LogP contribution in [-0.2, 0) is 10.0 Å². The van der Waals surface area contributed by atoms with Gasteiger partial charge in [-0.25, -0.2) is 13.1 Å². The molecule has 0 spiro atoms. The third kappa shape index (κ3) is 3.23. The smallest absolute Gasteiger partial charge is 0.241 e. The summed E-state index contributed by atoms with van der Waals surface area (Å²) in [5.41, 5.74) is 5.21. The predicted molar refractivity (Wildman–Crippen MR) is 77.0 cm³/mol. The summed E-state index contributed by atoms with van der Waals surface area (Å²) in [7, 11) is -3.63. The third-order valence-corrected chi connectivity index (χ3v) is 5.82. The highest BCUT2D eigenvalue weighted by Crippen LogP contribution is 2.31. The molecule has 3 N–H and O–H groups in total. The van der Waals surface area contributed by atoms with E-state index >= 15 is 0 Å². The largest absolute Gasteiger partial charge is 0.329 e. The molecule has 0 atom stereocenters. The Morgan fingerprint density at radius 1 is 1.21 bits per heavy atom. The van der Waals surface area contributed by atoms with E-state index in [1.165, 1.54) is 18.2 Å². The lowest BCUT2D eigenvalue weighted by Crippen LogP contribution is -2.51. The van der Waals surface area contributed by atoms with E-state index in [0.29, 0.717) is 11.6 Å². The van der Waals surface area contributed by atoms with Gasteiger partial charge < -0.3 is 5.73 Å². The molecule has 4 nitrogen and oxygen atoms in total. The Balaban J connectivity index is 2.29. The molecule has 2 rings (SSSR count). The highest BCUT2D eigenvalue weighted by atomic mass is 35.5. The monoisotopic (exact) mass is 322 g/mol. The Labute approximate surface area is 123 Å². The fraction of sp³-hybridized carbons (Fsp3) is 0.500. The van der Waals surface area contributed by atoms with Crippen LogP contribution in [0.2, 0.25) is 10.0 Å². The number of benzene rings is 1. The van der Waals surface area contributed by atoms with Gasteiger partial charge in [0.15, 0.2) is 0 Å². The Hall–Kier alpha value is -0.330. The lowest BCUT2D eigenvalue weighted by molar-refractivity contribution is 0.399. The third-order valence-electron chi connectivity index (χ3n) is 3.50. The Morgan fingerprint density at radius 3 is 2.37 bits per heavy atom. The SMILES string of the molecule is NCC1(NS(=O)(=O)c2ccc(Cl)c(Cl)c2)CCCC1. The van der Waals surface area contributed by atoms with E-state index in [-0.39, 0.29) is 9.92 Å². The molecule has 0 aromatic heterocycles. The minimum Gasteiger partial charge on any atom is -0.329 e. The molecule has 0 aliphatic heterocycles. The van der Waals surface area contributed by atoms with Gasteiger partial charge in [-0.15, -0.1) is 0 Å². The van der Waals surface area contributed by atoms with Crippen LogP contribution in [0.5, 0.6) is 0 Å². The molecule has 0 amide bonds. The quantitative estimate of drug-likeness (QED) is 0.894. The minimum atomic E-state index is -3.63. The molecule has 1 fully saturated rings. The topological polar surface area (TPSA) is 72.2 Å². The van der Waals surface area contributed by atoms with Crippen LogP contribution in [0.3, 0.4) is 0 Å². The molecule has 1 aromatic rings. The molecular formula is C12H16Cl2N2O2S. The van der Waals surface area contributed by atoms with E-state index in [2.05, 4.69) is 4.72 Å². The molecule has 1 aliphatic carbocycles. The van der Waals surface area contributed by atoms with E-state index in [9.17, 15) is 8.42 Å². The van der Waals surface area contributed by atoms with Crippen molar-refractivity contribution in [3.05, 3.63) is 28.2 Å². The summed E-state index contributed by atoms with van der Waals surface area (Å²) in [4.78, 5) is 0.113. The summed E-state index contributed by atoms with van der Waals surface area (Å²) in [5.74, 6) is 0. The first-order valence-electron chi connectivity index (χ1n) is 6.08. The highest BCUT2D eigenvalue weighted by molar-refractivity contribution is 7.89. The molecule has 106 valence electrons. The average molecular weight is 323 g/mol. The summed E-state index contributed by atoms with van der Waals surface area (Å²) in [6, 6.07) is 4.27. The van der Waals surface area contributed by atoms with Crippen molar-refractivity contribution in [1.82, 2.24) is 4.72 Å². The first-order chi connectivity index (χ1) is 8.88. The zero-order valence-corrected chi connectivity index (χ0v) is 12.7. The highest BCUT2D eigenvalue weighted by Gasteiger charge is 2.36. The summed E-state index contributed by atoms with van der Waals surface area (Å²) >= 11 is 11.6. The van der Waals surface area contributed by atoms with Crippen LogP contribution in [0.1, 0.15) is 25.7 Å². The molecule has 0 bridgehead atoms. The van der Waals surface area contributed by atoms with Crippen molar-refractivity contribution >= 4 is 33.2 Å². The van der Waals surface area contributed by atoms with Gasteiger partial charge in [0.2, 0.25) is 10.0 Å². The first kappa shape index (κ1) is 15.1. The maximum absolute atomic E-state index is 12.3. The number of halogens is 2. The summed E-state index contributed by atoms with van der Waals surface area (Å²) < 4.78 is 27.4. The normalized spacial score (nSPS) is 18.7. The molecule has 19 heavy (non-hydrogen) atoms. The van der Waals surface area contributed by atoms with Crippen LogP contribution in [0.25, 0.3) is 0 Å². The van der Waals surface area contributed by atoms with Crippen LogP contribution < -0.4 is 10.5 Å². The Morgan fingerprint density at radius 2 is 1.84 bits per heavy atom. The maximum Gasteiger partial charge on any atom is 0.241 e. The minimum absolute atomic E-state index is 0.113. The standard InChI is InChI=1S/C12H16Cl2N2O2S/c13-10-4-3-9(7-11(10)14)19(17,18)16-12(8-15)5-1-2-6-12/h3-4,7,16H,1-2,5-6,8,15H2. The molecule has 1 aliphatic rings. The van der Waals surface area contributed by atoms with Gasteiger partial charge in [0.1, 0.15) is 0 Å². The van der Waals surface area contributed by atoms with E-state index in [1.807, 2.05) is 0 Å². The van der Waals surface area contributed by atoms with Gasteiger partial charge in [0.05, 0.1) is 14.9 Å². The molecule has 7 heteroatoms. The molecular weight excluding hydrogens is 307 g/mol. The van der Waals surface area contributed by atoms with Crippen LogP contribution in [0, 0.1) is 0 Å². The summed E-state index contributed by atoms with van der Waals surface area (Å²) in [6.45, 7) is 0.299. The van der Waals surface area contributed by atoms with Crippen LogP contribution in [-0.4, -0.2) is 20.5 Å². The maximum atomic E-state index is 12.3. The van der Waals surface area contributed by atoms with Crippen molar-refractivity contribution in [3.8, 4) is 0 Å². The zero-order chi connectivity index (χ0) is 14.1. The zero-order valence-electron chi connectivity index (χ0n) is 10.3. The number of hydrogen-bond acceptors (Lipinski definition) is 3. The van der Waals surface area contributed by atoms with Gasteiger partial charge in [0.25, 0.3) is 0 Å². The number of nitrogens with two attached hydrogens (primary N) is 1. The predicted octanol–water partition coefficient (Wildman–Crippen LogP) is 2.54. The molecule has 1 saturated carbocycles.